The van der Waals surface area contributed by atoms with Crippen LogP contribution in [0.25, 0.3) is 11.3 Å². The first-order valence-corrected chi connectivity index (χ1v) is 7.32. The molecule has 0 aliphatic rings. The van der Waals surface area contributed by atoms with Crippen LogP contribution in [-0.4, -0.2) is 29.6 Å². The normalized spacial score (nSPS) is 10.2. The lowest BCUT2D eigenvalue weighted by Gasteiger charge is -2.20. The fourth-order valence-electron chi connectivity index (χ4n) is 2.11. The second kappa shape index (κ2) is 7.43. The van der Waals surface area contributed by atoms with Gasteiger partial charge >= 0.3 is 0 Å². The zero-order valence-corrected chi connectivity index (χ0v) is 12.7. The van der Waals surface area contributed by atoms with Crippen LogP contribution in [0.2, 0.25) is 0 Å². The summed E-state index contributed by atoms with van der Waals surface area (Å²) < 4.78 is 0. The van der Waals surface area contributed by atoms with E-state index in [2.05, 4.69) is 47.8 Å². The molecule has 1 N–H and O–H groups in total. The number of aromatic nitrogens is 2. The molecule has 2 rings (SSSR count). The van der Waals surface area contributed by atoms with Crippen LogP contribution < -0.4 is 10.2 Å². The van der Waals surface area contributed by atoms with Crippen LogP contribution in [0.15, 0.2) is 49.1 Å². The van der Waals surface area contributed by atoms with Crippen LogP contribution in [0.5, 0.6) is 0 Å². The molecule has 1 aromatic carbocycles. The number of benzene rings is 1. The maximum atomic E-state index is 4.70. The summed E-state index contributed by atoms with van der Waals surface area (Å²) in [7, 11) is 0. The minimum absolute atomic E-state index is 0.683. The average Bonchev–Trinajstić information content (AvgIpc) is 2.55. The smallest absolute Gasteiger partial charge is 0.227 e. The Bertz CT molecular complexity index is 577. The molecule has 0 amide bonds. The molecule has 0 aliphatic carbocycles. The Morgan fingerprint density at radius 3 is 2.48 bits per heavy atom. The third kappa shape index (κ3) is 3.81. The highest BCUT2D eigenvalue weighted by Crippen LogP contribution is 2.22. The summed E-state index contributed by atoms with van der Waals surface area (Å²) in [4.78, 5) is 11.4. The van der Waals surface area contributed by atoms with Crippen LogP contribution in [-0.2, 0) is 0 Å². The minimum atomic E-state index is 0.683. The summed E-state index contributed by atoms with van der Waals surface area (Å²) in [6.07, 6.45) is 1.82. The predicted octanol–water partition coefficient (Wildman–Crippen LogP) is 3.59. The molecule has 0 atom stereocenters. The quantitative estimate of drug-likeness (QED) is 0.788. The van der Waals surface area contributed by atoms with E-state index < -0.39 is 0 Å². The number of hydrogen-bond donors (Lipinski definition) is 1. The standard InChI is InChI=1S/C17H22N4/c1-4-12-18-16-13-15(14-10-8-7-9-11-14)19-17(20-16)21(5-2)6-3/h4,7-11,13H,1,5-6,12H2,2-3H3,(H,18,19,20). The van der Waals surface area contributed by atoms with Crippen molar-refractivity contribution >= 4 is 11.8 Å². The molecule has 4 nitrogen and oxygen atoms in total. The molecular weight excluding hydrogens is 260 g/mol. The van der Waals surface area contributed by atoms with Gasteiger partial charge in [0, 0.05) is 31.3 Å². The van der Waals surface area contributed by atoms with Crippen LogP contribution in [0.3, 0.4) is 0 Å². The molecule has 4 heteroatoms. The van der Waals surface area contributed by atoms with Crippen LogP contribution >= 0.6 is 0 Å². The summed E-state index contributed by atoms with van der Waals surface area (Å²) in [5, 5.41) is 3.25. The van der Waals surface area contributed by atoms with Gasteiger partial charge in [-0.2, -0.15) is 4.98 Å². The lowest BCUT2D eigenvalue weighted by molar-refractivity contribution is 0.822. The molecule has 0 unspecified atom stereocenters. The maximum Gasteiger partial charge on any atom is 0.227 e. The van der Waals surface area contributed by atoms with Crippen molar-refractivity contribution in [2.75, 3.05) is 29.9 Å². The van der Waals surface area contributed by atoms with Gasteiger partial charge in [-0.1, -0.05) is 36.4 Å². The van der Waals surface area contributed by atoms with E-state index in [-0.39, 0.29) is 0 Å². The fourth-order valence-corrected chi connectivity index (χ4v) is 2.11. The van der Waals surface area contributed by atoms with Crippen molar-refractivity contribution in [2.24, 2.45) is 0 Å². The van der Waals surface area contributed by atoms with Gasteiger partial charge in [-0.3, -0.25) is 0 Å². The fraction of sp³-hybridized carbons (Fsp3) is 0.294. The summed E-state index contributed by atoms with van der Waals surface area (Å²) >= 11 is 0. The highest BCUT2D eigenvalue weighted by Gasteiger charge is 2.10. The summed E-state index contributed by atoms with van der Waals surface area (Å²) in [6.45, 7) is 10.4. The van der Waals surface area contributed by atoms with E-state index in [0.717, 1.165) is 36.1 Å². The van der Waals surface area contributed by atoms with E-state index in [1.54, 1.807) is 0 Å². The predicted molar refractivity (Wildman–Crippen MR) is 89.7 cm³/mol. The molecule has 0 spiro atoms. The summed E-state index contributed by atoms with van der Waals surface area (Å²) in [5.74, 6) is 1.58. The van der Waals surface area contributed by atoms with E-state index in [1.807, 2.05) is 30.3 Å². The second-order valence-corrected chi connectivity index (χ2v) is 4.65. The van der Waals surface area contributed by atoms with E-state index in [4.69, 9.17) is 4.98 Å². The van der Waals surface area contributed by atoms with Crippen molar-refractivity contribution in [3.8, 4) is 11.3 Å². The van der Waals surface area contributed by atoms with Crippen molar-refractivity contribution in [3.63, 3.8) is 0 Å². The summed E-state index contributed by atoms with van der Waals surface area (Å²) in [5.41, 5.74) is 2.02. The lowest BCUT2D eigenvalue weighted by Crippen LogP contribution is -2.24. The molecule has 1 heterocycles. The minimum Gasteiger partial charge on any atom is -0.366 e. The van der Waals surface area contributed by atoms with E-state index in [9.17, 15) is 0 Å². The molecule has 0 radical (unpaired) electrons. The number of nitrogens with one attached hydrogen (secondary N) is 1. The van der Waals surface area contributed by atoms with Gasteiger partial charge in [0.2, 0.25) is 5.95 Å². The number of hydrogen-bond acceptors (Lipinski definition) is 4. The van der Waals surface area contributed by atoms with Gasteiger partial charge in [-0.25, -0.2) is 4.98 Å². The molecule has 0 saturated carbocycles. The van der Waals surface area contributed by atoms with Crippen molar-refractivity contribution in [1.82, 2.24) is 9.97 Å². The van der Waals surface area contributed by atoms with E-state index in [0.29, 0.717) is 6.54 Å². The van der Waals surface area contributed by atoms with Crippen molar-refractivity contribution in [3.05, 3.63) is 49.1 Å². The molecule has 2 aromatic rings. The third-order valence-corrected chi connectivity index (χ3v) is 3.26. The largest absolute Gasteiger partial charge is 0.366 e. The Morgan fingerprint density at radius 2 is 1.86 bits per heavy atom. The zero-order chi connectivity index (χ0) is 15.1. The first-order chi connectivity index (χ1) is 10.3. The highest BCUT2D eigenvalue weighted by molar-refractivity contribution is 5.64. The molecule has 0 bridgehead atoms. The SMILES string of the molecule is C=CCNc1cc(-c2ccccc2)nc(N(CC)CC)n1. The number of nitrogens with zero attached hydrogens (tertiary/aromatic N) is 3. The Labute approximate surface area is 126 Å². The molecule has 110 valence electrons. The first-order valence-electron chi connectivity index (χ1n) is 7.32. The first kappa shape index (κ1) is 15.0. The zero-order valence-electron chi connectivity index (χ0n) is 12.7. The molecule has 0 aliphatic heterocycles. The second-order valence-electron chi connectivity index (χ2n) is 4.65. The van der Waals surface area contributed by atoms with Gasteiger partial charge in [0.15, 0.2) is 0 Å². The van der Waals surface area contributed by atoms with Gasteiger partial charge < -0.3 is 10.2 Å². The topological polar surface area (TPSA) is 41.1 Å². The van der Waals surface area contributed by atoms with Gasteiger partial charge in [0.1, 0.15) is 5.82 Å². The lowest BCUT2D eigenvalue weighted by atomic mass is 10.1. The Kier molecular flexibility index (Phi) is 5.32. The van der Waals surface area contributed by atoms with Crippen LogP contribution in [0, 0.1) is 0 Å². The summed E-state index contributed by atoms with van der Waals surface area (Å²) in [6, 6.07) is 12.1. The Balaban J connectivity index is 2.43. The molecule has 21 heavy (non-hydrogen) atoms. The Morgan fingerprint density at radius 1 is 1.14 bits per heavy atom. The maximum absolute atomic E-state index is 4.70. The van der Waals surface area contributed by atoms with Gasteiger partial charge in [-0.05, 0) is 13.8 Å². The van der Waals surface area contributed by atoms with Crippen molar-refractivity contribution in [1.29, 1.82) is 0 Å². The van der Waals surface area contributed by atoms with Gasteiger partial charge in [0.05, 0.1) is 5.69 Å². The third-order valence-electron chi connectivity index (χ3n) is 3.26. The van der Waals surface area contributed by atoms with Crippen LogP contribution in [0.1, 0.15) is 13.8 Å². The monoisotopic (exact) mass is 282 g/mol. The van der Waals surface area contributed by atoms with Crippen molar-refractivity contribution in [2.45, 2.75) is 13.8 Å². The van der Waals surface area contributed by atoms with Crippen molar-refractivity contribution < 1.29 is 0 Å². The number of rotatable bonds is 7. The molecular formula is C17H22N4. The molecule has 0 fully saturated rings. The highest BCUT2D eigenvalue weighted by atomic mass is 15.3. The van der Waals surface area contributed by atoms with E-state index >= 15 is 0 Å². The Hall–Kier alpha value is -2.36. The molecule has 0 saturated heterocycles. The van der Waals surface area contributed by atoms with Gasteiger partial charge in [-0.15, -0.1) is 6.58 Å². The van der Waals surface area contributed by atoms with Crippen LogP contribution in [0.4, 0.5) is 11.8 Å². The van der Waals surface area contributed by atoms with E-state index in [1.165, 1.54) is 0 Å². The number of anilines is 2. The average molecular weight is 282 g/mol. The van der Waals surface area contributed by atoms with Gasteiger partial charge in [0.25, 0.3) is 0 Å². The molecule has 1 aromatic heterocycles.